The van der Waals surface area contributed by atoms with Crippen LogP contribution in [-0.4, -0.2) is 46.2 Å². The van der Waals surface area contributed by atoms with Crippen LogP contribution < -0.4 is 5.32 Å². The van der Waals surface area contributed by atoms with Crippen molar-refractivity contribution in [2.75, 3.05) is 25.0 Å². The zero-order chi connectivity index (χ0) is 14.4. The number of carbonyl (C=O) groups is 1. The van der Waals surface area contributed by atoms with E-state index >= 15 is 0 Å². The number of piperidine rings is 1. The van der Waals surface area contributed by atoms with Gasteiger partial charge in [-0.25, -0.2) is 0 Å². The van der Waals surface area contributed by atoms with Crippen LogP contribution in [0.1, 0.15) is 38.8 Å². The summed E-state index contributed by atoms with van der Waals surface area (Å²) < 4.78 is 9.18. The van der Waals surface area contributed by atoms with E-state index < -0.39 is 0 Å². The summed E-state index contributed by atoms with van der Waals surface area (Å²) in [7, 11) is 0. The summed E-state index contributed by atoms with van der Waals surface area (Å²) in [6, 6.07) is -0.139. The summed E-state index contributed by atoms with van der Waals surface area (Å²) in [5, 5.41) is 8.45. The molecule has 0 amide bonds. The van der Waals surface area contributed by atoms with Gasteiger partial charge < -0.3 is 10.1 Å². The highest BCUT2D eigenvalue weighted by Gasteiger charge is 2.30. The Morgan fingerprint density at radius 1 is 1.50 bits per heavy atom. The standard InChI is InChI=1S/C13H22N4O2S/c1-3-14-12-10(15-16-20-12)9-17-8-6-5-7-11(17)13(18)19-4-2/h11,14H,3-9H2,1-2H3. The van der Waals surface area contributed by atoms with Gasteiger partial charge in [-0.2, -0.15) is 0 Å². The molecule has 0 saturated carbocycles. The molecule has 1 aromatic rings. The van der Waals surface area contributed by atoms with Gasteiger partial charge in [0.15, 0.2) is 0 Å². The van der Waals surface area contributed by atoms with Gasteiger partial charge in [0.05, 0.1) is 6.61 Å². The summed E-state index contributed by atoms with van der Waals surface area (Å²) in [4.78, 5) is 14.2. The molecule has 0 spiro atoms. The number of aromatic nitrogens is 2. The molecule has 1 N–H and O–H groups in total. The van der Waals surface area contributed by atoms with Crippen LogP contribution in [0.15, 0.2) is 0 Å². The Morgan fingerprint density at radius 3 is 3.10 bits per heavy atom. The highest BCUT2D eigenvalue weighted by molar-refractivity contribution is 7.10. The number of anilines is 1. The fourth-order valence-electron chi connectivity index (χ4n) is 2.48. The molecular formula is C13H22N4O2S. The van der Waals surface area contributed by atoms with E-state index in [1.165, 1.54) is 11.5 Å². The molecule has 0 aliphatic carbocycles. The number of nitrogens with one attached hydrogen (secondary N) is 1. The third-order valence-corrected chi connectivity index (χ3v) is 4.14. The number of likely N-dealkylation sites (tertiary alicyclic amines) is 1. The van der Waals surface area contributed by atoms with Crippen molar-refractivity contribution < 1.29 is 9.53 Å². The van der Waals surface area contributed by atoms with Crippen LogP contribution in [0, 0.1) is 0 Å². The predicted molar refractivity (Wildman–Crippen MR) is 78.8 cm³/mol. The van der Waals surface area contributed by atoms with Crippen molar-refractivity contribution in [3.8, 4) is 0 Å². The molecule has 0 bridgehead atoms. The van der Waals surface area contributed by atoms with Crippen molar-refractivity contribution in [2.45, 2.75) is 45.7 Å². The third-order valence-electron chi connectivity index (χ3n) is 3.42. The molecular weight excluding hydrogens is 276 g/mol. The first-order valence-corrected chi connectivity index (χ1v) is 7.99. The maximum atomic E-state index is 12.0. The lowest BCUT2D eigenvalue weighted by Crippen LogP contribution is -2.45. The van der Waals surface area contributed by atoms with E-state index in [0.29, 0.717) is 13.2 Å². The molecule has 2 rings (SSSR count). The lowest BCUT2D eigenvalue weighted by atomic mass is 10.0. The van der Waals surface area contributed by atoms with Crippen molar-refractivity contribution in [1.29, 1.82) is 0 Å². The van der Waals surface area contributed by atoms with Crippen LogP contribution in [0.25, 0.3) is 0 Å². The Labute approximate surface area is 123 Å². The van der Waals surface area contributed by atoms with Gasteiger partial charge in [0.2, 0.25) is 0 Å². The summed E-state index contributed by atoms with van der Waals surface area (Å²) in [5.74, 6) is -0.111. The molecule has 112 valence electrons. The van der Waals surface area contributed by atoms with Crippen LogP contribution in [0.4, 0.5) is 5.00 Å². The first-order chi connectivity index (χ1) is 9.76. The van der Waals surface area contributed by atoms with E-state index in [2.05, 4.69) is 19.8 Å². The predicted octanol–water partition coefficient (Wildman–Crippen LogP) is 1.89. The van der Waals surface area contributed by atoms with Crippen molar-refractivity contribution in [2.24, 2.45) is 0 Å². The number of ether oxygens (including phenoxy) is 1. The number of rotatable bonds is 6. The highest BCUT2D eigenvalue weighted by Crippen LogP contribution is 2.24. The van der Waals surface area contributed by atoms with Gasteiger partial charge in [0.25, 0.3) is 0 Å². The van der Waals surface area contributed by atoms with Crippen LogP contribution >= 0.6 is 11.5 Å². The van der Waals surface area contributed by atoms with Crippen molar-refractivity contribution >= 4 is 22.5 Å². The summed E-state index contributed by atoms with van der Waals surface area (Å²) in [6.45, 7) is 6.74. The van der Waals surface area contributed by atoms with E-state index in [1.807, 2.05) is 13.8 Å². The maximum absolute atomic E-state index is 12.0. The normalized spacial score (nSPS) is 19.8. The Kier molecular flexibility index (Phi) is 5.72. The van der Waals surface area contributed by atoms with Gasteiger partial charge in [0, 0.05) is 24.6 Å². The first kappa shape index (κ1) is 15.2. The van der Waals surface area contributed by atoms with Gasteiger partial charge in [-0.05, 0) is 33.2 Å². The zero-order valence-electron chi connectivity index (χ0n) is 12.1. The molecule has 1 fully saturated rings. The topological polar surface area (TPSA) is 67.4 Å². The van der Waals surface area contributed by atoms with E-state index in [4.69, 9.17) is 4.74 Å². The minimum atomic E-state index is -0.139. The average Bonchev–Trinajstić information content (AvgIpc) is 2.87. The Balaban J connectivity index is 2.04. The van der Waals surface area contributed by atoms with Gasteiger partial charge in [-0.1, -0.05) is 10.9 Å². The average molecular weight is 298 g/mol. The van der Waals surface area contributed by atoms with Gasteiger partial charge in [-0.3, -0.25) is 9.69 Å². The number of nitrogens with zero attached hydrogens (tertiary/aromatic N) is 3. The van der Waals surface area contributed by atoms with Crippen molar-refractivity contribution in [3.63, 3.8) is 0 Å². The van der Waals surface area contributed by atoms with Crippen LogP contribution in [-0.2, 0) is 16.1 Å². The second-order valence-corrected chi connectivity index (χ2v) is 5.57. The molecule has 2 heterocycles. The fourth-order valence-corrected chi connectivity index (χ4v) is 3.13. The minimum Gasteiger partial charge on any atom is -0.465 e. The van der Waals surface area contributed by atoms with E-state index in [0.717, 1.165) is 43.0 Å². The quantitative estimate of drug-likeness (QED) is 0.809. The minimum absolute atomic E-state index is 0.111. The molecule has 20 heavy (non-hydrogen) atoms. The monoisotopic (exact) mass is 298 g/mol. The zero-order valence-corrected chi connectivity index (χ0v) is 12.9. The summed E-state index contributed by atoms with van der Waals surface area (Å²) in [5.41, 5.74) is 0.924. The fraction of sp³-hybridized carbons (Fsp3) is 0.769. The largest absolute Gasteiger partial charge is 0.465 e. The van der Waals surface area contributed by atoms with Crippen molar-refractivity contribution in [3.05, 3.63) is 5.69 Å². The van der Waals surface area contributed by atoms with Crippen LogP contribution in [0.5, 0.6) is 0 Å². The lowest BCUT2D eigenvalue weighted by Gasteiger charge is -2.33. The maximum Gasteiger partial charge on any atom is 0.323 e. The number of esters is 1. The molecule has 1 unspecified atom stereocenters. The number of hydrogen-bond acceptors (Lipinski definition) is 7. The molecule has 0 radical (unpaired) electrons. The van der Waals surface area contributed by atoms with Gasteiger partial charge in [-0.15, -0.1) is 5.10 Å². The molecule has 1 saturated heterocycles. The molecule has 1 aromatic heterocycles. The van der Waals surface area contributed by atoms with Gasteiger partial charge in [0.1, 0.15) is 16.7 Å². The van der Waals surface area contributed by atoms with E-state index in [-0.39, 0.29) is 12.0 Å². The van der Waals surface area contributed by atoms with E-state index in [9.17, 15) is 4.79 Å². The molecule has 1 aliphatic rings. The Bertz CT molecular complexity index is 438. The summed E-state index contributed by atoms with van der Waals surface area (Å²) >= 11 is 1.37. The third kappa shape index (κ3) is 3.67. The smallest absolute Gasteiger partial charge is 0.323 e. The van der Waals surface area contributed by atoms with Crippen molar-refractivity contribution in [1.82, 2.24) is 14.5 Å². The van der Waals surface area contributed by atoms with Crippen LogP contribution in [0.3, 0.4) is 0 Å². The SMILES string of the molecule is CCNc1snnc1CN1CCCCC1C(=O)OCC. The highest BCUT2D eigenvalue weighted by atomic mass is 32.1. The van der Waals surface area contributed by atoms with Crippen LogP contribution in [0.2, 0.25) is 0 Å². The Hall–Kier alpha value is -1.21. The lowest BCUT2D eigenvalue weighted by molar-refractivity contribution is -0.151. The Morgan fingerprint density at radius 2 is 2.35 bits per heavy atom. The first-order valence-electron chi connectivity index (χ1n) is 7.22. The second-order valence-electron chi connectivity index (χ2n) is 4.81. The van der Waals surface area contributed by atoms with Gasteiger partial charge >= 0.3 is 5.97 Å². The molecule has 7 heteroatoms. The van der Waals surface area contributed by atoms with E-state index in [1.54, 1.807) is 0 Å². The summed E-state index contributed by atoms with van der Waals surface area (Å²) in [6.07, 6.45) is 3.06. The number of carbonyl (C=O) groups excluding carboxylic acids is 1. The molecule has 1 atom stereocenters. The molecule has 1 aliphatic heterocycles. The molecule has 6 nitrogen and oxygen atoms in total. The second kappa shape index (κ2) is 7.54. The molecule has 0 aromatic carbocycles. The number of hydrogen-bond donors (Lipinski definition) is 1.